The molecule has 1 aromatic rings. The van der Waals surface area contributed by atoms with Crippen LogP contribution in [-0.4, -0.2) is 13.1 Å². The molecule has 2 rings (SSSR count). The van der Waals surface area contributed by atoms with E-state index in [-0.39, 0.29) is 0 Å². The van der Waals surface area contributed by atoms with Crippen LogP contribution in [0.25, 0.3) is 0 Å². The minimum atomic E-state index is 0.970. The van der Waals surface area contributed by atoms with E-state index < -0.39 is 0 Å². The molecule has 1 aliphatic carbocycles. The standard InChI is InChI=1S/C12H19NS/c1-2-4-11(3-1)9-13-7-5-12-6-8-14-10-12/h6,8,10-11,13H,1-5,7,9H2. The van der Waals surface area contributed by atoms with Gasteiger partial charge in [0.2, 0.25) is 0 Å². The molecule has 78 valence electrons. The highest BCUT2D eigenvalue weighted by atomic mass is 32.1. The third kappa shape index (κ3) is 3.10. The Morgan fingerprint density at radius 3 is 2.93 bits per heavy atom. The van der Waals surface area contributed by atoms with Gasteiger partial charge >= 0.3 is 0 Å². The zero-order valence-electron chi connectivity index (χ0n) is 8.67. The van der Waals surface area contributed by atoms with Crippen LogP contribution < -0.4 is 5.32 Å². The third-order valence-electron chi connectivity index (χ3n) is 3.08. The Morgan fingerprint density at radius 2 is 2.21 bits per heavy atom. The lowest BCUT2D eigenvalue weighted by molar-refractivity contribution is 0.492. The first kappa shape index (κ1) is 10.2. The summed E-state index contributed by atoms with van der Waals surface area (Å²) in [5.74, 6) is 0.970. The van der Waals surface area contributed by atoms with E-state index in [1.807, 2.05) is 0 Å². The summed E-state index contributed by atoms with van der Waals surface area (Å²) in [6, 6.07) is 2.22. The van der Waals surface area contributed by atoms with Gasteiger partial charge in [0, 0.05) is 0 Å². The molecule has 0 spiro atoms. The Balaban J connectivity index is 1.55. The molecule has 0 radical (unpaired) electrons. The molecule has 1 heterocycles. The van der Waals surface area contributed by atoms with Crippen LogP contribution in [0.1, 0.15) is 31.2 Å². The molecule has 0 saturated heterocycles. The second kappa shape index (κ2) is 5.52. The van der Waals surface area contributed by atoms with Crippen molar-refractivity contribution < 1.29 is 0 Å². The topological polar surface area (TPSA) is 12.0 Å². The maximum absolute atomic E-state index is 3.57. The molecule has 14 heavy (non-hydrogen) atoms. The second-order valence-corrected chi connectivity index (χ2v) is 5.02. The van der Waals surface area contributed by atoms with Gasteiger partial charge in [0.15, 0.2) is 0 Å². The van der Waals surface area contributed by atoms with Crippen LogP contribution in [0.2, 0.25) is 0 Å². The number of hydrogen-bond donors (Lipinski definition) is 1. The van der Waals surface area contributed by atoms with Crippen LogP contribution >= 0.6 is 11.3 Å². The van der Waals surface area contributed by atoms with Gasteiger partial charge in [-0.1, -0.05) is 12.8 Å². The van der Waals surface area contributed by atoms with Crippen molar-refractivity contribution in [1.29, 1.82) is 0 Å². The molecule has 1 fully saturated rings. The minimum absolute atomic E-state index is 0.970. The molecular formula is C12H19NS. The number of thiophene rings is 1. The van der Waals surface area contributed by atoms with Crippen molar-refractivity contribution in [3.63, 3.8) is 0 Å². The van der Waals surface area contributed by atoms with Crippen molar-refractivity contribution in [1.82, 2.24) is 5.32 Å². The molecule has 0 aliphatic heterocycles. The fourth-order valence-corrected chi connectivity index (χ4v) is 2.89. The maximum Gasteiger partial charge on any atom is -0.000794 e. The highest BCUT2D eigenvalue weighted by molar-refractivity contribution is 7.07. The Kier molecular flexibility index (Phi) is 4.02. The molecule has 0 amide bonds. The summed E-state index contributed by atoms with van der Waals surface area (Å²) in [6.07, 6.45) is 7.00. The lowest BCUT2D eigenvalue weighted by Gasteiger charge is -2.09. The van der Waals surface area contributed by atoms with Gasteiger partial charge in [0.1, 0.15) is 0 Å². The first-order valence-electron chi connectivity index (χ1n) is 5.67. The van der Waals surface area contributed by atoms with Crippen LogP contribution in [0.4, 0.5) is 0 Å². The van der Waals surface area contributed by atoms with Gasteiger partial charge in [-0.15, -0.1) is 0 Å². The van der Waals surface area contributed by atoms with Gasteiger partial charge in [-0.2, -0.15) is 11.3 Å². The minimum Gasteiger partial charge on any atom is -0.316 e. The van der Waals surface area contributed by atoms with E-state index in [1.54, 1.807) is 11.3 Å². The van der Waals surface area contributed by atoms with Crippen molar-refractivity contribution >= 4 is 11.3 Å². The zero-order chi connectivity index (χ0) is 9.64. The quantitative estimate of drug-likeness (QED) is 0.735. The number of hydrogen-bond acceptors (Lipinski definition) is 2. The van der Waals surface area contributed by atoms with Gasteiger partial charge in [-0.3, -0.25) is 0 Å². The van der Waals surface area contributed by atoms with Crippen LogP contribution in [0.15, 0.2) is 16.8 Å². The first-order chi connectivity index (χ1) is 6.95. The lowest BCUT2D eigenvalue weighted by atomic mass is 10.1. The third-order valence-corrected chi connectivity index (χ3v) is 3.81. The van der Waals surface area contributed by atoms with Gasteiger partial charge in [0.25, 0.3) is 0 Å². The van der Waals surface area contributed by atoms with Gasteiger partial charge in [-0.25, -0.2) is 0 Å². The smallest absolute Gasteiger partial charge is 0.000794 e. The molecule has 0 bridgehead atoms. The van der Waals surface area contributed by atoms with E-state index in [1.165, 1.54) is 44.2 Å². The fraction of sp³-hybridized carbons (Fsp3) is 0.667. The maximum atomic E-state index is 3.57. The summed E-state index contributed by atoms with van der Waals surface area (Å²) in [4.78, 5) is 0. The van der Waals surface area contributed by atoms with Crippen LogP contribution in [0.5, 0.6) is 0 Å². The van der Waals surface area contributed by atoms with E-state index in [2.05, 4.69) is 22.1 Å². The van der Waals surface area contributed by atoms with Crippen LogP contribution in [0.3, 0.4) is 0 Å². The Morgan fingerprint density at radius 1 is 1.36 bits per heavy atom. The summed E-state index contributed by atoms with van der Waals surface area (Å²) < 4.78 is 0. The molecule has 0 atom stereocenters. The summed E-state index contributed by atoms with van der Waals surface area (Å²) in [5.41, 5.74) is 1.48. The summed E-state index contributed by atoms with van der Waals surface area (Å²) in [7, 11) is 0. The Labute approximate surface area is 90.5 Å². The Bertz CT molecular complexity index is 237. The van der Waals surface area contributed by atoms with Gasteiger partial charge in [0.05, 0.1) is 0 Å². The molecule has 1 nitrogen and oxygen atoms in total. The van der Waals surface area contributed by atoms with E-state index in [4.69, 9.17) is 0 Å². The van der Waals surface area contributed by atoms with E-state index in [0.717, 1.165) is 12.5 Å². The van der Waals surface area contributed by atoms with Gasteiger partial charge < -0.3 is 5.32 Å². The monoisotopic (exact) mass is 209 g/mol. The average Bonchev–Trinajstić information content (AvgIpc) is 2.86. The largest absolute Gasteiger partial charge is 0.316 e. The van der Waals surface area contributed by atoms with Crippen molar-refractivity contribution in [2.45, 2.75) is 32.1 Å². The fourth-order valence-electron chi connectivity index (χ4n) is 2.19. The second-order valence-electron chi connectivity index (χ2n) is 4.24. The predicted octanol–water partition coefficient (Wildman–Crippen LogP) is 3.07. The highest BCUT2D eigenvalue weighted by Crippen LogP contribution is 2.23. The normalized spacial score (nSPS) is 17.7. The highest BCUT2D eigenvalue weighted by Gasteiger charge is 2.13. The van der Waals surface area contributed by atoms with Gasteiger partial charge in [-0.05, 0) is 60.7 Å². The van der Waals surface area contributed by atoms with E-state index in [0.29, 0.717) is 0 Å². The summed E-state index contributed by atoms with van der Waals surface area (Å²) >= 11 is 1.80. The lowest BCUT2D eigenvalue weighted by Crippen LogP contribution is -2.23. The van der Waals surface area contributed by atoms with Crippen LogP contribution in [0, 0.1) is 5.92 Å². The van der Waals surface area contributed by atoms with Crippen LogP contribution in [-0.2, 0) is 6.42 Å². The molecule has 0 aromatic carbocycles. The predicted molar refractivity (Wildman–Crippen MR) is 62.9 cm³/mol. The summed E-state index contributed by atoms with van der Waals surface area (Å²) in [5, 5.41) is 7.98. The number of rotatable bonds is 5. The number of nitrogens with one attached hydrogen (secondary N) is 1. The molecule has 0 unspecified atom stereocenters. The molecule has 1 aromatic heterocycles. The molecular weight excluding hydrogens is 190 g/mol. The zero-order valence-corrected chi connectivity index (χ0v) is 9.48. The van der Waals surface area contributed by atoms with E-state index >= 15 is 0 Å². The Hall–Kier alpha value is -0.340. The average molecular weight is 209 g/mol. The molecule has 1 saturated carbocycles. The van der Waals surface area contributed by atoms with Crippen molar-refractivity contribution in [2.24, 2.45) is 5.92 Å². The van der Waals surface area contributed by atoms with Crippen molar-refractivity contribution in [3.05, 3.63) is 22.4 Å². The first-order valence-corrected chi connectivity index (χ1v) is 6.61. The van der Waals surface area contributed by atoms with Crippen molar-refractivity contribution in [3.8, 4) is 0 Å². The SMILES string of the molecule is c1cc(CCNCC2CCCC2)cs1. The molecule has 1 N–H and O–H groups in total. The van der Waals surface area contributed by atoms with Crippen molar-refractivity contribution in [2.75, 3.05) is 13.1 Å². The summed E-state index contributed by atoms with van der Waals surface area (Å²) in [6.45, 7) is 2.39. The molecule has 2 heteroatoms. The molecule has 1 aliphatic rings. The van der Waals surface area contributed by atoms with E-state index in [9.17, 15) is 0 Å².